The Hall–Kier alpha value is -3.99. The summed E-state index contributed by atoms with van der Waals surface area (Å²) in [4.78, 5) is 45.4. The zero-order valence-corrected chi connectivity index (χ0v) is 19.4. The van der Waals surface area contributed by atoms with Crippen LogP contribution in [0.25, 0.3) is 5.57 Å². The van der Waals surface area contributed by atoms with E-state index >= 15 is 0 Å². The second-order valence-corrected chi connectivity index (χ2v) is 9.59. The normalized spacial score (nSPS) is 21.5. The molecule has 174 valence electrons. The van der Waals surface area contributed by atoms with Gasteiger partial charge in [-0.05, 0) is 36.1 Å². The number of fused-ring (bicyclic) bond motifs is 3. The van der Waals surface area contributed by atoms with Gasteiger partial charge in [-0.15, -0.1) is 0 Å². The zero-order valence-electron chi connectivity index (χ0n) is 19.4. The maximum absolute atomic E-state index is 14.6. The monoisotopic (exact) mass is 462 g/mol. The summed E-state index contributed by atoms with van der Waals surface area (Å²) in [6, 6.07) is 24.2. The van der Waals surface area contributed by atoms with Crippen molar-refractivity contribution in [3.63, 3.8) is 0 Å². The minimum Gasteiger partial charge on any atom is -0.288 e. The molecule has 1 unspecified atom stereocenters. The Morgan fingerprint density at radius 3 is 2.23 bits per heavy atom. The largest absolute Gasteiger partial charge is 0.288 e. The first-order chi connectivity index (χ1) is 17.0. The van der Waals surface area contributed by atoms with Gasteiger partial charge < -0.3 is 0 Å². The Kier molecular flexibility index (Phi) is 4.95. The summed E-state index contributed by atoms with van der Waals surface area (Å²) >= 11 is 0. The highest BCUT2D eigenvalue weighted by Crippen LogP contribution is 2.56. The lowest BCUT2D eigenvalue weighted by Gasteiger charge is -2.45. The number of imide groups is 1. The molecule has 5 heteroatoms. The van der Waals surface area contributed by atoms with Crippen molar-refractivity contribution in [1.82, 2.24) is 4.90 Å². The van der Waals surface area contributed by atoms with E-state index in [1.807, 2.05) is 60.7 Å². The summed E-state index contributed by atoms with van der Waals surface area (Å²) in [5.41, 5.74) is 2.33. The van der Waals surface area contributed by atoms with Gasteiger partial charge in [0.25, 0.3) is 11.8 Å². The van der Waals surface area contributed by atoms with Crippen LogP contribution in [0.15, 0.2) is 85.4 Å². The molecule has 3 aliphatic rings. The molecule has 35 heavy (non-hydrogen) atoms. The molecule has 1 fully saturated rings. The first-order valence-electron chi connectivity index (χ1n) is 12.2. The number of carbonyl (C=O) groups excluding carboxylic acids is 3. The predicted molar refractivity (Wildman–Crippen MR) is 134 cm³/mol. The van der Waals surface area contributed by atoms with Gasteiger partial charge in [0, 0.05) is 22.6 Å². The van der Waals surface area contributed by atoms with Crippen LogP contribution in [0.1, 0.15) is 52.7 Å². The summed E-state index contributed by atoms with van der Waals surface area (Å²) in [5, 5.41) is 0. The topological polar surface area (TPSA) is 57.7 Å². The van der Waals surface area contributed by atoms with Gasteiger partial charge in [0.1, 0.15) is 0 Å². The molecule has 0 saturated heterocycles. The number of hydrogen-bond acceptors (Lipinski definition) is 3. The Balaban J connectivity index is 1.59. The van der Waals surface area contributed by atoms with Gasteiger partial charge in [0.15, 0.2) is 5.54 Å². The maximum Gasteiger partial charge on any atom is 0.265 e. The van der Waals surface area contributed by atoms with E-state index in [-0.39, 0.29) is 24.3 Å². The fraction of sp³-hybridized carbons (Fsp3) is 0.233. The van der Waals surface area contributed by atoms with Crippen molar-refractivity contribution in [2.75, 3.05) is 4.90 Å². The van der Waals surface area contributed by atoms with Crippen molar-refractivity contribution in [2.45, 2.75) is 37.8 Å². The molecule has 0 aromatic heterocycles. The number of amides is 3. The fourth-order valence-corrected chi connectivity index (χ4v) is 6.02. The molecule has 0 N–H and O–H groups in total. The van der Waals surface area contributed by atoms with Gasteiger partial charge in [-0.1, -0.05) is 86.2 Å². The number of nitrogens with zero attached hydrogens (tertiary/aromatic N) is 2. The number of para-hydroxylation sites is 1. The van der Waals surface area contributed by atoms with Crippen LogP contribution in [-0.2, 0) is 21.7 Å². The van der Waals surface area contributed by atoms with E-state index in [2.05, 4.69) is 6.58 Å². The van der Waals surface area contributed by atoms with Crippen LogP contribution in [-0.4, -0.2) is 22.6 Å². The molecule has 1 aliphatic carbocycles. The molecule has 5 nitrogen and oxygen atoms in total. The fourth-order valence-electron chi connectivity index (χ4n) is 6.02. The van der Waals surface area contributed by atoms with E-state index in [1.54, 1.807) is 23.1 Å². The minimum atomic E-state index is -1.48. The van der Waals surface area contributed by atoms with Crippen molar-refractivity contribution in [1.29, 1.82) is 0 Å². The molecule has 3 amide bonds. The van der Waals surface area contributed by atoms with E-state index in [0.29, 0.717) is 22.4 Å². The van der Waals surface area contributed by atoms with Crippen LogP contribution < -0.4 is 4.90 Å². The van der Waals surface area contributed by atoms with Gasteiger partial charge >= 0.3 is 0 Å². The molecular formula is C30H26N2O3. The van der Waals surface area contributed by atoms with Crippen molar-refractivity contribution >= 4 is 29.0 Å². The average Bonchev–Trinajstić information content (AvgIpc) is 3.52. The highest BCUT2D eigenvalue weighted by molar-refractivity contribution is 6.25. The quantitative estimate of drug-likeness (QED) is 0.496. The lowest BCUT2D eigenvalue weighted by Crippen LogP contribution is -2.62. The third-order valence-corrected chi connectivity index (χ3v) is 7.70. The molecule has 0 radical (unpaired) electrons. The first-order valence-corrected chi connectivity index (χ1v) is 12.2. The molecule has 0 bridgehead atoms. The molecule has 1 atom stereocenters. The van der Waals surface area contributed by atoms with Gasteiger partial charge in [-0.3, -0.25) is 24.2 Å². The number of rotatable bonds is 3. The van der Waals surface area contributed by atoms with E-state index < -0.39 is 11.4 Å². The first kappa shape index (κ1) is 21.5. The van der Waals surface area contributed by atoms with Gasteiger partial charge in [-0.25, -0.2) is 0 Å². The highest BCUT2D eigenvalue weighted by Gasteiger charge is 2.62. The van der Waals surface area contributed by atoms with Crippen LogP contribution in [0.3, 0.4) is 0 Å². The lowest BCUT2D eigenvalue weighted by molar-refractivity contribution is -0.136. The average molecular weight is 463 g/mol. The summed E-state index contributed by atoms with van der Waals surface area (Å²) in [6.07, 6.45) is 3.62. The summed E-state index contributed by atoms with van der Waals surface area (Å²) in [5.74, 6) is -0.980. The number of anilines is 1. The Bertz CT molecular complexity index is 1370. The van der Waals surface area contributed by atoms with Crippen LogP contribution in [0.2, 0.25) is 0 Å². The second kappa shape index (κ2) is 8.05. The van der Waals surface area contributed by atoms with E-state index in [9.17, 15) is 14.4 Å². The van der Waals surface area contributed by atoms with E-state index in [4.69, 9.17) is 0 Å². The molecule has 2 heterocycles. The third kappa shape index (κ3) is 2.97. The van der Waals surface area contributed by atoms with Crippen LogP contribution in [0.5, 0.6) is 0 Å². The zero-order chi connectivity index (χ0) is 24.2. The molecule has 1 saturated carbocycles. The van der Waals surface area contributed by atoms with Crippen LogP contribution in [0.4, 0.5) is 5.69 Å². The van der Waals surface area contributed by atoms with Crippen molar-refractivity contribution in [3.05, 3.63) is 108 Å². The standard InChI is InChI=1S/C30H26N2O3/c1-20-23-15-8-10-18-26(23)32(27(33)22-13-5-6-14-22)30(20)25-17-9-7-16-24(25)28(34)31(29(30)35)19-21-11-3-2-4-12-21/h2-4,7-12,15-18,22H,1,5-6,13-14,19H2. The lowest BCUT2D eigenvalue weighted by atomic mass is 9.75. The highest BCUT2D eigenvalue weighted by atomic mass is 16.2. The van der Waals surface area contributed by atoms with Crippen LogP contribution in [0, 0.1) is 5.92 Å². The second-order valence-electron chi connectivity index (χ2n) is 9.59. The molecule has 2 aliphatic heterocycles. The molecule has 3 aromatic carbocycles. The summed E-state index contributed by atoms with van der Waals surface area (Å²) in [7, 11) is 0. The molecule has 1 spiro atoms. The van der Waals surface area contributed by atoms with E-state index in [0.717, 1.165) is 36.8 Å². The number of hydrogen-bond donors (Lipinski definition) is 0. The minimum absolute atomic E-state index is 0.0641. The van der Waals surface area contributed by atoms with Crippen molar-refractivity contribution in [2.24, 2.45) is 5.92 Å². The summed E-state index contributed by atoms with van der Waals surface area (Å²) in [6.45, 7) is 4.52. The Morgan fingerprint density at radius 1 is 0.857 bits per heavy atom. The molecular weight excluding hydrogens is 436 g/mol. The smallest absolute Gasteiger partial charge is 0.265 e. The third-order valence-electron chi connectivity index (χ3n) is 7.70. The SMILES string of the molecule is C=C1c2ccccc2N(C(=O)C2CCCC2)C12C(=O)N(Cc1ccccc1)C(=O)c1ccccc12. The number of carbonyl (C=O) groups is 3. The van der Waals surface area contributed by atoms with Crippen molar-refractivity contribution in [3.8, 4) is 0 Å². The van der Waals surface area contributed by atoms with Gasteiger partial charge in [0.05, 0.1) is 12.2 Å². The maximum atomic E-state index is 14.6. The molecule has 3 aromatic rings. The Morgan fingerprint density at radius 2 is 1.49 bits per heavy atom. The van der Waals surface area contributed by atoms with Crippen LogP contribution >= 0.6 is 0 Å². The molecule has 6 rings (SSSR count). The predicted octanol–water partition coefficient (Wildman–Crippen LogP) is 5.31. The van der Waals surface area contributed by atoms with Gasteiger partial charge in [0.2, 0.25) is 5.91 Å². The number of benzene rings is 3. The Labute approximate surface area is 204 Å². The van der Waals surface area contributed by atoms with Crippen molar-refractivity contribution < 1.29 is 14.4 Å². The van der Waals surface area contributed by atoms with E-state index in [1.165, 1.54) is 4.90 Å². The van der Waals surface area contributed by atoms with Gasteiger partial charge in [-0.2, -0.15) is 0 Å². The summed E-state index contributed by atoms with van der Waals surface area (Å²) < 4.78 is 0.